The van der Waals surface area contributed by atoms with E-state index in [0.29, 0.717) is 10.8 Å². The summed E-state index contributed by atoms with van der Waals surface area (Å²) in [5.41, 5.74) is 2.28. The van der Waals surface area contributed by atoms with Gasteiger partial charge in [-0.15, -0.1) is 22.7 Å². The Bertz CT molecular complexity index is 758. The highest BCUT2D eigenvalue weighted by Gasteiger charge is 2.14. The summed E-state index contributed by atoms with van der Waals surface area (Å²) in [6, 6.07) is 5.78. The van der Waals surface area contributed by atoms with Crippen molar-refractivity contribution in [1.29, 1.82) is 0 Å². The topological polar surface area (TPSA) is 59.8 Å². The molecule has 0 bridgehead atoms. The maximum Gasteiger partial charge on any atom is 0.277 e. The minimum atomic E-state index is -0.225. The first-order valence-electron chi connectivity index (χ1n) is 6.52. The number of thiophene rings is 1. The van der Waals surface area contributed by atoms with E-state index in [9.17, 15) is 4.79 Å². The first-order valence-corrected chi connectivity index (χ1v) is 8.28. The van der Waals surface area contributed by atoms with Crippen LogP contribution in [0, 0.1) is 6.92 Å². The van der Waals surface area contributed by atoms with E-state index in [1.807, 2.05) is 36.7 Å². The Hall–Kier alpha value is -1.99. The van der Waals surface area contributed by atoms with E-state index in [0.717, 1.165) is 22.8 Å². The van der Waals surface area contributed by atoms with Crippen molar-refractivity contribution in [2.45, 2.75) is 20.4 Å². The van der Waals surface area contributed by atoms with Crippen LogP contribution in [0.3, 0.4) is 0 Å². The van der Waals surface area contributed by atoms with Crippen LogP contribution in [0.5, 0.6) is 0 Å². The molecule has 0 aromatic carbocycles. The molecule has 5 nitrogen and oxygen atoms in total. The molecule has 108 valence electrons. The fourth-order valence-corrected chi connectivity index (χ4v) is 3.44. The summed E-state index contributed by atoms with van der Waals surface area (Å²) in [6.07, 6.45) is 0. The number of amides is 1. The Morgan fingerprint density at radius 3 is 2.95 bits per heavy atom. The number of hydrogen-bond acceptors (Lipinski definition) is 5. The molecule has 3 heterocycles. The molecule has 0 unspecified atom stereocenters. The first-order chi connectivity index (χ1) is 10.2. The number of aryl methyl sites for hydroxylation is 2. The van der Waals surface area contributed by atoms with Crippen LogP contribution in [-0.2, 0) is 6.54 Å². The van der Waals surface area contributed by atoms with Crippen molar-refractivity contribution in [2.24, 2.45) is 0 Å². The third-order valence-electron chi connectivity index (χ3n) is 3.01. The zero-order chi connectivity index (χ0) is 14.8. The van der Waals surface area contributed by atoms with Gasteiger partial charge in [0.25, 0.3) is 5.91 Å². The molecule has 0 aliphatic rings. The second kappa shape index (κ2) is 5.79. The molecule has 7 heteroatoms. The normalized spacial score (nSPS) is 10.8. The average molecular weight is 318 g/mol. The zero-order valence-corrected chi connectivity index (χ0v) is 13.3. The molecule has 21 heavy (non-hydrogen) atoms. The molecule has 0 saturated carbocycles. The Morgan fingerprint density at radius 2 is 2.29 bits per heavy atom. The molecule has 1 N–H and O–H groups in total. The van der Waals surface area contributed by atoms with Crippen LogP contribution in [0.1, 0.15) is 23.1 Å². The second-order valence-electron chi connectivity index (χ2n) is 4.46. The molecular formula is C14H14N4OS2. The lowest BCUT2D eigenvalue weighted by atomic mass is 10.3. The molecule has 3 aromatic heterocycles. The summed E-state index contributed by atoms with van der Waals surface area (Å²) in [7, 11) is 0. The van der Waals surface area contributed by atoms with Gasteiger partial charge < -0.3 is 0 Å². The first kappa shape index (κ1) is 14.0. The van der Waals surface area contributed by atoms with Crippen LogP contribution in [0.15, 0.2) is 29.0 Å². The smallest absolute Gasteiger partial charge is 0.277 e. The van der Waals surface area contributed by atoms with Crippen LogP contribution in [0.2, 0.25) is 0 Å². The maximum atomic E-state index is 12.2. The predicted octanol–water partition coefficient (Wildman–Crippen LogP) is 3.65. The number of nitrogens with zero attached hydrogens (tertiary/aromatic N) is 3. The van der Waals surface area contributed by atoms with Crippen molar-refractivity contribution < 1.29 is 4.79 Å². The van der Waals surface area contributed by atoms with Gasteiger partial charge in [0.15, 0.2) is 10.8 Å². The number of anilines is 1. The molecule has 3 aromatic rings. The molecule has 0 spiro atoms. The van der Waals surface area contributed by atoms with Gasteiger partial charge in [0.2, 0.25) is 0 Å². The number of thiazole rings is 1. The van der Waals surface area contributed by atoms with Gasteiger partial charge in [-0.25, -0.2) is 4.98 Å². The molecule has 0 atom stereocenters. The summed E-state index contributed by atoms with van der Waals surface area (Å²) < 4.78 is 1.80. The lowest BCUT2D eigenvalue weighted by Crippen LogP contribution is -2.13. The maximum absolute atomic E-state index is 12.2. The predicted molar refractivity (Wildman–Crippen MR) is 86.0 cm³/mol. The van der Waals surface area contributed by atoms with Crippen molar-refractivity contribution in [3.8, 4) is 10.6 Å². The highest BCUT2D eigenvalue weighted by Crippen LogP contribution is 2.28. The van der Waals surface area contributed by atoms with E-state index in [4.69, 9.17) is 0 Å². The van der Waals surface area contributed by atoms with Gasteiger partial charge in [-0.05, 0) is 31.4 Å². The fourth-order valence-electron chi connectivity index (χ4n) is 1.97. The van der Waals surface area contributed by atoms with Crippen LogP contribution in [0.25, 0.3) is 10.6 Å². The third-order valence-corrected chi connectivity index (χ3v) is 4.66. The number of rotatable bonds is 4. The zero-order valence-electron chi connectivity index (χ0n) is 11.7. The van der Waals surface area contributed by atoms with E-state index in [2.05, 4.69) is 15.4 Å². The van der Waals surface area contributed by atoms with Gasteiger partial charge in [-0.2, -0.15) is 5.10 Å². The van der Waals surface area contributed by atoms with Crippen molar-refractivity contribution in [2.75, 3.05) is 5.32 Å². The monoisotopic (exact) mass is 318 g/mol. The van der Waals surface area contributed by atoms with Crippen LogP contribution < -0.4 is 5.32 Å². The molecule has 0 saturated heterocycles. The minimum Gasteiger partial charge on any atom is -0.296 e. The van der Waals surface area contributed by atoms with Gasteiger partial charge in [0, 0.05) is 17.6 Å². The lowest BCUT2D eigenvalue weighted by molar-refractivity contribution is 0.102. The molecular weight excluding hydrogens is 304 g/mol. The summed E-state index contributed by atoms with van der Waals surface area (Å²) in [6.45, 7) is 4.68. The quantitative estimate of drug-likeness (QED) is 0.799. The Kier molecular flexibility index (Phi) is 3.85. The molecule has 3 rings (SSSR count). The Morgan fingerprint density at radius 1 is 1.43 bits per heavy atom. The average Bonchev–Trinajstić information content (AvgIpc) is 3.17. The highest BCUT2D eigenvalue weighted by atomic mass is 32.1. The SMILES string of the molecule is CCn1nc(C(=O)Nc2nc(-c3cccs3)cs2)cc1C. The number of hydrogen-bond donors (Lipinski definition) is 1. The summed E-state index contributed by atoms with van der Waals surface area (Å²) >= 11 is 3.05. The van der Waals surface area contributed by atoms with Gasteiger partial charge >= 0.3 is 0 Å². The van der Waals surface area contributed by atoms with Crippen molar-refractivity contribution >= 4 is 33.7 Å². The molecule has 0 fully saturated rings. The van der Waals surface area contributed by atoms with Crippen LogP contribution in [0.4, 0.5) is 5.13 Å². The Balaban J connectivity index is 1.75. The molecule has 0 radical (unpaired) electrons. The van der Waals surface area contributed by atoms with Crippen molar-refractivity contribution in [1.82, 2.24) is 14.8 Å². The van der Waals surface area contributed by atoms with E-state index in [-0.39, 0.29) is 5.91 Å². The fraction of sp³-hybridized carbons (Fsp3) is 0.214. The second-order valence-corrected chi connectivity index (χ2v) is 6.26. The molecule has 0 aliphatic heterocycles. The van der Waals surface area contributed by atoms with Gasteiger partial charge in [-0.1, -0.05) is 6.07 Å². The van der Waals surface area contributed by atoms with Crippen LogP contribution in [-0.4, -0.2) is 20.7 Å². The Labute approximate surface area is 130 Å². The number of carbonyl (C=O) groups excluding carboxylic acids is 1. The summed E-state index contributed by atoms with van der Waals surface area (Å²) in [5.74, 6) is -0.225. The molecule has 1 amide bonds. The highest BCUT2D eigenvalue weighted by molar-refractivity contribution is 7.16. The summed E-state index contributed by atoms with van der Waals surface area (Å²) in [4.78, 5) is 17.7. The van der Waals surface area contributed by atoms with Crippen LogP contribution >= 0.6 is 22.7 Å². The third kappa shape index (κ3) is 2.88. The number of aromatic nitrogens is 3. The van der Waals surface area contributed by atoms with Gasteiger partial charge in [-0.3, -0.25) is 14.8 Å². The van der Waals surface area contributed by atoms with E-state index >= 15 is 0 Å². The van der Waals surface area contributed by atoms with Gasteiger partial charge in [0.1, 0.15) is 0 Å². The van der Waals surface area contributed by atoms with Crippen molar-refractivity contribution in [3.63, 3.8) is 0 Å². The van der Waals surface area contributed by atoms with E-state index in [1.54, 1.807) is 22.1 Å². The number of nitrogens with one attached hydrogen (secondary N) is 1. The summed E-state index contributed by atoms with van der Waals surface area (Å²) in [5, 5.41) is 11.6. The number of carbonyl (C=O) groups is 1. The standard InChI is InChI=1S/C14H14N4OS2/c1-3-18-9(2)7-10(17-18)13(19)16-14-15-11(8-21-14)12-5-4-6-20-12/h4-8H,3H2,1-2H3,(H,15,16,19). The molecule has 0 aliphatic carbocycles. The van der Waals surface area contributed by atoms with Gasteiger partial charge in [0.05, 0.1) is 10.6 Å². The minimum absolute atomic E-state index is 0.225. The van der Waals surface area contributed by atoms with Crippen molar-refractivity contribution in [3.05, 3.63) is 40.3 Å². The largest absolute Gasteiger partial charge is 0.296 e. The van der Waals surface area contributed by atoms with E-state index in [1.165, 1.54) is 11.3 Å². The lowest BCUT2D eigenvalue weighted by Gasteiger charge is -1.98. The van der Waals surface area contributed by atoms with E-state index < -0.39 is 0 Å².